The molecule has 0 radical (unpaired) electrons. The summed E-state index contributed by atoms with van der Waals surface area (Å²) < 4.78 is 7.51. The molecule has 0 spiro atoms. The average molecular weight is 413 g/mol. The minimum absolute atomic E-state index is 0.152. The summed E-state index contributed by atoms with van der Waals surface area (Å²) in [6.45, 7) is 10.8. The molecule has 2 aromatic rings. The zero-order valence-electron chi connectivity index (χ0n) is 18.3. The summed E-state index contributed by atoms with van der Waals surface area (Å²) in [5, 5.41) is 6.65. The number of imidazole rings is 1. The van der Waals surface area contributed by atoms with Gasteiger partial charge in [-0.3, -0.25) is 0 Å². The molecule has 8 nitrogen and oxygen atoms in total. The van der Waals surface area contributed by atoms with E-state index in [0.717, 1.165) is 24.9 Å². The molecule has 162 valence electrons. The molecule has 1 aliphatic rings. The van der Waals surface area contributed by atoms with Crippen LogP contribution in [0.15, 0.2) is 47.7 Å². The molecule has 2 N–H and O–H groups in total. The van der Waals surface area contributed by atoms with E-state index >= 15 is 0 Å². The molecule has 3 rings (SSSR count). The summed E-state index contributed by atoms with van der Waals surface area (Å²) in [6.07, 6.45) is 3.51. The third-order valence-electron chi connectivity index (χ3n) is 4.59. The van der Waals surface area contributed by atoms with Crippen LogP contribution in [0.5, 0.6) is 0 Å². The summed E-state index contributed by atoms with van der Waals surface area (Å²) in [5.41, 5.74) is 0.746. The van der Waals surface area contributed by atoms with Crippen LogP contribution in [0.2, 0.25) is 0 Å². The number of ether oxygens (including phenoxy) is 1. The van der Waals surface area contributed by atoms with Crippen LogP contribution < -0.4 is 10.6 Å². The fourth-order valence-corrected chi connectivity index (χ4v) is 3.12. The molecule has 1 aliphatic heterocycles. The number of aromatic nitrogens is 2. The second-order valence-electron chi connectivity index (χ2n) is 8.38. The molecule has 2 heterocycles. The van der Waals surface area contributed by atoms with E-state index in [1.165, 1.54) is 5.56 Å². The standard InChI is InChI=1S/C22H32N6O2/c1-5-23-20(26-18-15-28(16-18)21(29)30-22(2,3)4)25-13-19-24-11-12-27(19)14-17-9-7-6-8-10-17/h6-12,18H,5,13-16H2,1-4H3,(H2,23,25,26). The van der Waals surface area contributed by atoms with E-state index < -0.39 is 5.60 Å². The highest BCUT2D eigenvalue weighted by Crippen LogP contribution is 2.15. The van der Waals surface area contributed by atoms with Crippen molar-refractivity contribution in [2.75, 3.05) is 19.6 Å². The number of hydrogen-bond donors (Lipinski definition) is 2. The lowest BCUT2D eigenvalue weighted by atomic mass is 10.1. The molecular weight excluding hydrogens is 380 g/mol. The zero-order chi connectivity index (χ0) is 21.6. The first-order valence-corrected chi connectivity index (χ1v) is 10.4. The van der Waals surface area contributed by atoms with E-state index in [-0.39, 0.29) is 12.1 Å². The van der Waals surface area contributed by atoms with Gasteiger partial charge in [0.05, 0.1) is 6.04 Å². The van der Waals surface area contributed by atoms with E-state index in [9.17, 15) is 4.79 Å². The van der Waals surface area contributed by atoms with Gasteiger partial charge in [0, 0.05) is 38.6 Å². The van der Waals surface area contributed by atoms with Gasteiger partial charge in [-0.2, -0.15) is 0 Å². The van der Waals surface area contributed by atoms with E-state index in [1.54, 1.807) is 11.1 Å². The number of benzene rings is 1. The summed E-state index contributed by atoms with van der Waals surface area (Å²) in [7, 11) is 0. The summed E-state index contributed by atoms with van der Waals surface area (Å²) in [6, 6.07) is 10.4. The van der Waals surface area contributed by atoms with Crippen molar-refractivity contribution < 1.29 is 9.53 Å². The molecule has 1 amide bonds. The van der Waals surface area contributed by atoms with Crippen LogP contribution >= 0.6 is 0 Å². The maximum Gasteiger partial charge on any atom is 0.410 e. The quantitative estimate of drug-likeness (QED) is 0.563. The number of hydrogen-bond acceptors (Lipinski definition) is 4. The summed E-state index contributed by atoms with van der Waals surface area (Å²) in [4.78, 5) is 22.9. The van der Waals surface area contributed by atoms with Crippen LogP contribution in [-0.4, -0.2) is 57.8 Å². The van der Waals surface area contributed by atoms with Crippen LogP contribution in [0.1, 0.15) is 39.1 Å². The molecule has 8 heteroatoms. The fourth-order valence-electron chi connectivity index (χ4n) is 3.12. The molecule has 0 saturated carbocycles. The van der Waals surface area contributed by atoms with Gasteiger partial charge >= 0.3 is 6.09 Å². The lowest BCUT2D eigenvalue weighted by Crippen LogP contribution is -2.63. The Kier molecular flexibility index (Phi) is 6.97. The fraction of sp³-hybridized carbons (Fsp3) is 0.500. The number of likely N-dealkylation sites (tertiary alicyclic amines) is 1. The molecule has 30 heavy (non-hydrogen) atoms. The van der Waals surface area contributed by atoms with Crippen LogP contribution in [0, 0.1) is 0 Å². The van der Waals surface area contributed by atoms with Crippen LogP contribution in [0.3, 0.4) is 0 Å². The lowest BCUT2D eigenvalue weighted by molar-refractivity contribution is 0.00700. The Balaban J connectivity index is 1.54. The Morgan fingerprint density at radius 1 is 1.27 bits per heavy atom. The average Bonchev–Trinajstić information content (AvgIpc) is 3.08. The van der Waals surface area contributed by atoms with Gasteiger partial charge in [0.15, 0.2) is 5.96 Å². The minimum Gasteiger partial charge on any atom is -0.444 e. The van der Waals surface area contributed by atoms with Crippen LogP contribution in [-0.2, 0) is 17.8 Å². The Hall–Kier alpha value is -3.03. The van der Waals surface area contributed by atoms with Crippen molar-refractivity contribution in [3.63, 3.8) is 0 Å². The predicted octanol–water partition coefficient (Wildman–Crippen LogP) is 2.61. The normalized spacial score (nSPS) is 14.9. The Morgan fingerprint density at radius 2 is 2.00 bits per heavy atom. The van der Waals surface area contributed by atoms with Crippen molar-refractivity contribution in [1.29, 1.82) is 0 Å². The molecule has 0 atom stereocenters. The van der Waals surface area contributed by atoms with E-state index in [2.05, 4.69) is 37.3 Å². The highest BCUT2D eigenvalue weighted by molar-refractivity contribution is 5.80. The maximum atomic E-state index is 12.1. The molecule has 0 bridgehead atoms. The number of carbonyl (C=O) groups is 1. The Morgan fingerprint density at radius 3 is 2.67 bits per heavy atom. The van der Waals surface area contributed by atoms with E-state index in [1.807, 2.05) is 52.1 Å². The van der Waals surface area contributed by atoms with Gasteiger partial charge in [0.25, 0.3) is 0 Å². The van der Waals surface area contributed by atoms with Gasteiger partial charge in [-0.05, 0) is 33.3 Å². The molecular formula is C22H32N6O2. The minimum atomic E-state index is -0.479. The van der Waals surface area contributed by atoms with Crippen molar-refractivity contribution in [2.45, 2.75) is 52.4 Å². The molecule has 1 saturated heterocycles. The highest BCUT2D eigenvalue weighted by atomic mass is 16.6. The third kappa shape index (κ3) is 6.23. The van der Waals surface area contributed by atoms with Crippen molar-refractivity contribution >= 4 is 12.1 Å². The first-order valence-electron chi connectivity index (χ1n) is 10.4. The van der Waals surface area contributed by atoms with Gasteiger partial charge in [-0.15, -0.1) is 0 Å². The molecule has 1 aromatic heterocycles. The first-order chi connectivity index (χ1) is 14.3. The van der Waals surface area contributed by atoms with Gasteiger partial charge < -0.3 is 24.8 Å². The number of aliphatic imine (C=N–C) groups is 1. The van der Waals surface area contributed by atoms with Crippen LogP contribution in [0.4, 0.5) is 4.79 Å². The number of nitrogens with zero attached hydrogens (tertiary/aromatic N) is 4. The SMILES string of the molecule is CCNC(=NCc1nccn1Cc1ccccc1)NC1CN(C(=O)OC(C)(C)C)C1. The third-order valence-corrected chi connectivity index (χ3v) is 4.59. The maximum absolute atomic E-state index is 12.1. The number of rotatable bonds is 6. The lowest BCUT2D eigenvalue weighted by Gasteiger charge is -2.40. The second kappa shape index (κ2) is 9.65. The van der Waals surface area contributed by atoms with Crippen LogP contribution in [0.25, 0.3) is 0 Å². The summed E-state index contributed by atoms with van der Waals surface area (Å²) in [5.74, 6) is 1.63. The first kappa shape index (κ1) is 21.7. The highest BCUT2D eigenvalue weighted by Gasteiger charge is 2.34. The number of amides is 1. The van der Waals surface area contributed by atoms with Gasteiger partial charge in [-0.25, -0.2) is 14.8 Å². The summed E-state index contributed by atoms with van der Waals surface area (Å²) >= 11 is 0. The topological polar surface area (TPSA) is 83.8 Å². The van der Waals surface area contributed by atoms with Gasteiger partial charge in [0.1, 0.15) is 18.0 Å². The van der Waals surface area contributed by atoms with Gasteiger partial charge in [0.2, 0.25) is 0 Å². The monoisotopic (exact) mass is 412 g/mol. The van der Waals surface area contributed by atoms with Crippen molar-refractivity contribution in [2.24, 2.45) is 4.99 Å². The zero-order valence-corrected chi connectivity index (χ0v) is 18.3. The molecule has 1 aromatic carbocycles. The van der Waals surface area contributed by atoms with E-state index in [0.29, 0.717) is 19.6 Å². The molecule has 0 aliphatic carbocycles. The largest absolute Gasteiger partial charge is 0.444 e. The van der Waals surface area contributed by atoms with Gasteiger partial charge in [-0.1, -0.05) is 30.3 Å². The van der Waals surface area contributed by atoms with Crippen molar-refractivity contribution in [1.82, 2.24) is 25.1 Å². The molecule has 0 unspecified atom stereocenters. The number of guanidine groups is 1. The number of nitrogens with one attached hydrogen (secondary N) is 2. The second-order valence-corrected chi connectivity index (χ2v) is 8.38. The molecule has 1 fully saturated rings. The smallest absolute Gasteiger partial charge is 0.410 e. The van der Waals surface area contributed by atoms with E-state index in [4.69, 9.17) is 4.74 Å². The predicted molar refractivity (Wildman–Crippen MR) is 117 cm³/mol. The van der Waals surface area contributed by atoms with Crippen molar-refractivity contribution in [3.8, 4) is 0 Å². The Labute approximate surface area is 178 Å². The number of carbonyl (C=O) groups excluding carboxylic acids is 1. The van der Waals surface area contributed by atoms with Crippen molar-refractivity contribution in [3.05, 3.63) is 54.1 Å². The Bertz CT molecular complexity index is 850.